The Hall–Kier alpha value is -2.62. The molecule has 21 heavy (non-hydrogen) atoms. The van der Waals surface area contributed by atoms with Crippen molar-refractivity contribution >= 4 is 12.2 Å². The van der Waals surface area contributed by atoms with E-state index in [-0.39, 0.29) is 5.91 Å². The molecule has 1 amide bonds. The van der Waals surface area contributed by atoms with Crippen molar-refractivity contribution in [3.05, 3.63) is 64.7 Å². The number of amides is 1. The average molecular weight is 281 g/mol. The molecule has 0 N–H and O–H groups in total. The van der Waals surface area contributed by atoms with Crippen molar-refractivity contribution in [3.63, 3.8) is 0 Å². The standard InChI is InChI=1S/C17H15NO3/c1-21-16-7-6-12(11-19)8-14(16)10-18-9-13-4-2-3-5-15(13)17(18)20/h2-8,11H,9-10H2,1H3. The van der Waals surface area contributed by atoms with Crippen molar-refractivity contribution in [3.8, 4) is 5.75 Å². The van der Waals surface area contributed by atoms with E-state index < -0.39 is 0 Å². The van der Waals surface area contributed by atoms with Crippen LogP contribution in [0.5, 0.6) is 5.75 Å². The minimum absolute atomic E-state index is 0.0177. The number of rotatable bonds is 4. The molecule has 0 unspecified atom stereocenters. The molecule has 2 aromatic carbocycles. The van der Waals surface area contributed by atoms with Gasteiger partial charge in [0.1, 0.15) is 12.0 Å². The first kappa shape index (κ1) is 13.4. The lowest BCUT2D eigenvalue weighted by Crippen LogP contribution is -2.23. The van der Waals surface area contributed by atoms with Gasteiger partial charge in [-0.25, -0.2) is 0 Å². The number of fused-ring (bicyclic) bond motifs is 1. The molecule has 4 nitrogen and oxygen atoms in total. The Morgan fingerprint density at radius 2 is 2.05 bits per heavy atom. The molecule has 1 aliphatic rings. The Morgan fingerprint density at radius 1 is 1.24 bits per heavy atom. The topological polar surface area (TPSA) is 46.6 Å². The van der Waals surface area contributed by atoms with Gasteiger partial charge in [0, 0.05) is 23.2 Å². The Morgan fingerprint density at radius 3 is 2.76 bits per heavy atom. The summed E-state index contributed by atoms with van der Waals surface area (Å²) in [5.74, 6) is 0.702. The van der Waals surface area contributed by atoms with Crippen LogP contribution in [0.4, 0.5) is 0 Å². The van der Waals surface area contributed by atoms with E-state index in [1.165, 1.54) is 0 Å². The van der Waals surface area contributed by atoms with E-state index in [4.69, 9.17) is 4.74 Å². The second-order valence-electron chi connectivity index (χ2n) is 5.01. The van der Waals surface area contributed by atoms with Crippen molar-refractivity contribution in [1.82, 2.24) is 4.90 Å². The molecule has 4 heteroatoms. The van der Waals surface area contributed by atoms with Crippen molar-refractivity contribution in [2.24, 2.45) is 0 Å². The van der Waals surface area contributed by atoms with E-state index in [2.05, 4.69) is 0 Å². The second-order valence-corrected chi connectivity index (χ2v) is 5.01. The normalized spacial score (nSPS) is 13.2. The molecular formula is C17H15NO3. The molecule has 1 aliphatic heterocycles. The van der Waals surface area contributed by atoms with Gasteiger partial charge in [-0.15, -0.1) is 0 Å². The van der Waals surface area contributed by atoms with E-state index in [0.29, 0.717) is 24.4 Å². The SMILES string of the molecule is COc1ccc(C=O)cc1CN1Cc2ccccc2C1=O. The number of nitrogens with zero attached hydrogens (tertiary/aromatic N) is 1. The van der Waals surface area contributed by atoms with Crippen LogP contribution in [0.3, 0.4) is 0 Å². The van der Waals surface area contributed by atoms with Gasteiger partial charge in [-0.1, -0.05) is 18.2 Å². The smallest absolute Gasteiger partial charge is 0.254 e. The third kappa shape index (κ3) is 2.40. The number of benzene rings is 2. The highest BCUT2D eigenvalue weighted by atomic mass is 16.5. The minimum atomic E-state index is 0.0177. The molecule has 0 saturated heterocycles. The van der Waals surface area contributed by atoms with Gasteiger partial charge < -0.3 is 9.64 Å². The van der Waals surface area contributed by atoms with E-state index in [1.807, 2.05) is 24.3 Å². The van der Waals surface area contributed by atoms with Gasteiger partial charge in [0.05, 0.1) is 13.7 Å². The molecule has 1 heterocycles. The van der Waals surface area contributed by atoms with Crippen LogP contribution in [0.1, 0.15) is 31.8 Å². The molecule has 106 valence electrons. The summed E-state index contributed by atoms with van der Waals surface area (Å²) in [5.41, 5.74) is 3.20. The fourth-order valence-corrected chi connectivity index (χ4v) is 2.64. The summed E-state index contributed by atoms with van der Waals surface area (Å²) in [6, 6.07) is 12.8. The van der Waals surface area contributed by atoms with Crippen LogP contribution in [-0.4, -0.2) is 24.2 Å². The molecule has 0 saturated carbocycles. The third-order valence-corrected chi connectivity index (χ3v) is 3.70. The zero-order valence-corrected chi connectivity index (χ0v) is 11.7. The predicted molar refractivity (Wildman–Crippen MR) is 78.4 cm³/mol. The summed E-state index contributed by atoms with van der Waals surface area (Å²) < 4.78 is 5.31. The molecule has 0 aromatic heterocycles. The van der Waals surface area contributed by atoms with Crippen LogP contribution in [0.15, 0.2) is 42.5 Å². The third-order valence-electron chi connectivity index (χ3n) is 3.70. The van der Waals surface area contributed by atoms with Crippen LogP contribution < -0.4 is 4.74 Å². The molecule has 3 rings (SSSR count). The zero-order chi connectivity index (χ0) is 14.8. The fraction of sp³-hybridized carbons (Fsp3) is 0.176. The first-order valence-electron chi connectivity index (χ1n) is 6.72. The lowest BCUT2D eigenvalue weighted by atomic mass is 10.1. The quantitative estimate of drug-likeness (QED) is 0.809. The number of methoxy groups -OCH3 is 1. The second kappa shape index (κ2) is 5.40. The molecule has 0 fully saturated rings. The first-order chi connectivity index (χ1) is 10.2. The molecule has 0 bridgehead atoms. The summed E-state index contributed by atoms with van der Waals surface area (Å²) in [5, 5.41) is 0. The Kier molecular flexibility index (Phi) is 3.44. The lowest BCUT2D eigenvalue weighted by molar-refractivity contribution is 0.0765. The highest BCUT2D eigenvalue weighted by molar-refractivity contribution is 5.98. The predicted octanol–water partition coefficient (Wildman–Crippen LogP) is 2.66. The Labute approximate surface area is 123 Å². The zero-order valence-electron chi connectivity index (χ0n) is 11.7. The number of hydrogen-bond donors (Lipinski definition) is 0. The van der Waals surface area contributed by atoms with Crippen molar-refractivity contribution in [2.45, 2.75) is 13.1 Å². The van der Waals surface area contributed by atoms with E-state index in [0.717, 1.165) is 23.0 Å². The lowest BCUT2D eigenvalue weighted by Gasteiger charge is -2.18. The minimum Gasteiger partial charge on any atom is -0.496 e. The molecule has 0 radical (unpaired) electrons. The highest BCUT2D eigenvalue weighted by Crippen LogP contribution is 2.27. The number of carbonyl (C=O) groups excluding carboxylic acids is 2. The van der Waals surface area contributed by atoms with Gasteiger partial charge in [-0.3, -0.25) is 9.59 Å². The molecule has 0 atom stereocenters. The Balaban J connectivity index is 1.89. The molecule has 0 aliphatic carbocycles. The van der Waals surface area contributed by atoms with E-state index >= 15 is 0 Å². The highest BCUT2D eigenvalue weighted by Gasteiger charge is 2.27. The summed E-state index contributed by atoms with van der Waals surface area (Å²) in [6.07, 6.45) is 0.795. The van der Waals surface area contributed by atoms with Crippen molar-refractivity contribution < 1.29 is 14.3 Å². The van der Waals surface area contributed by atoms with E-state index in [9.17, 15) is 9.59 Å². The molecule has 0 spiro atoms. The Bertz CT molecular complexity index is 709. The molecular weight excluding hydrogens is 266 g/mol. The number of ether oxygens (including phenoxy) is 1. The fourth-order valence-electron chi connectivity index (χ4n) is 2.64. The van der Waals surface area contributed by atoms with Crippen molar-refractivity contribution in [2.75, 3.05) is 7.11 Å². The largest absolute Gasteiger partial charge is 0.496 e. The number of hydrogen-bond acceptors (Lipinski definition) is 3. The van der Waals surface area contributed by atoms with Gasteiger partial charge in [-0.05, 0) is 29.8 Å². The van der Waals surface area contributed by atoms with Gasteiger partial charge >= 0.3 is 0 Å². The summed E-state index contributed by atoms with van der Waals surface area (Å²) in [6.45, 7) is 1.02. The van der Waals surface area contributed by atoms with Gasteiger partial charge in [-0.2, -0.15) is 0 Å². The van der Waals surface area contributed by atoms with Gasteiger partial charge in [0.2, 0.25) is 0 Å². The van der Waals surface area contributed by atoms with Crippen LogP contribution in [-0.2, 0) is 13.1 Å². The maximum Gasteiger partial charge on any atom is 0.254 e. The monoisotopic (exact) mass is 281 g/mol. The summed E-state index contributed by atoms with van der Waals surface area (Å²) in [7, 11) is 1.58. The van der Waals surface area contributed by atoms with Crippen LogP contribution in [0, 0.1) is 0 Å². The van der Waals surface area contributed by atoms with Crippen LogP contribution in [0.2, 0.25) is 0 Å². The van der Waals surface area contributed by atoms with Crippen LogP contribution in [0.25, 0.3) is 0 Å². The summed E-state index contributed by atoms with van der Waals surface area (Å²) in [4.78, 5) is 25.0. The van der Waals surface area contributed by atoms with Crippen LogP contribution >= 0.6 is 0 Å². The van der Waals surface area contributed by atoms with E-state index in [1.54, 1.807) is 30.2 Å². The summed E-state index contributed by atoms with van der Waals surface area (Å²) >= 11 is 0. The number of aldehydes is 1. The maximum atomic E-state index is 12.4. The van der Waals surface area contributed by atoms with Gasteiger partial charge in [0.25, 0.3) is 5.91 Å². The number of carbonyl (C=O) groups is 2. The maximum absolute atomic E-state index is 12.4. The average Bonchev–Trinajstić information content (AvgIpc) is 2.84. The first-order valence-corrected chi connectivity index (χ1v) is 6.72. The molecule has 2 aromatic rings. The van der Waals surface area contributed by atoms with Crippen molar-refractivity contribution in [1.29, 1.82) is 0 Å². The van der Waals surface area contributed by atoms with Gasteiger partial charge in [0.15, 0.2) is 0 Å².